The zero-order valence-corrected chi connectivity index (χ0v) is 17.6. The van der Waals surface area contributed by atoms with Crippen LogP contribution in [0.15, 0.2) is 24.3 Å². The molecule has 1 heterocycles. The molecule has 27 heavy (non-hydrogen) atoms. The highest BCUT2D eigenvalue weighted by Crippen LogP contribution is 2.29. The number of carbonyl (C=O) groups excluding carboxylic acids is 1. The lowest BCUT2D eigenvalue weighted by Gasteiger charge is -2.47. The van der Waals surface area contributed by atoms with E-state index in [1.54, 1.807) is 7.11 Å². The van der Waals surface area contributed by atoms with Gasteiger partial charge in [0.1, 0.15) is 11.4 Å². The third kappa shape index (κ3) is 6.31. The molecule has 0 unspecified atom stereocenters. The van der Waals surface area contributed by atoms with Crippen LogP contribution in [-0.2, 0) is 9.47 Å². The van der Waals surface area contributed by atoms with Gasteiger partial charge in [-0.15, -0.1) is 0 Å². The highest BCUT2D eigenvalue weighted by atomic mass is 16.6. The smallest absolute Gasteiger partial charge is 0.410 e. The lowest BCUT2D eigenvalue weighted by molar-refractivity contribution is 0.000370. The van der Waals surface area contributed by atoms with E-state index in [9.17, 15) is 4.79 Å². The number of amides is 1. The first-order chi connectivity index (χ1) is 12.6. The van der Waals surface area contributed by atoms with Gasteiger partial charge in [-0.3, -0.25) is 4.90 Å². The maximum atomic E-state index is 12.6. The van der Waals surface area contributed by atoms with Gasteiger partial charge in [0.25, 0.3) is 0 Å². The number of anilines is 1. The topological polar surface area (TPSA) is 51.2 Å². The summed E-state index contributed by atoms with van der Waals surface area (Å²) in [6.07, 6.45) is 0.616. The van der Waals surface area contributed by atoms with Crippen LogP contribution in [0.3, 0.4) is 0 Å². The third-order valence-corrected chi connectivity index (χ3v) is 4.46. The number of hydrogen-bond acceptors (Lipinski definition) is 5. The zero-order valence-electron chi connectivity index (χ0n) is 17.6. The van der Waals surface area contributed by atoms with E-state index < -0.39 is 5.60 Å². The molecule has 1 saturated heterocycles. The predicted molar refractivity (Wildman–Crippen MR) is 108 cm³/mol. The number of piperazine rings is 1. The van der Waals surface area contributed by atoms with Crippen molar-refractivity contribution in [3.8, 4) is 5.75 Å². The van der Waals surface area contributed by atoms with Gasteiger partial charge in [-0.25, -0.2) is 4.79 Å². The molecule has 1 aliphatic heterocycles. The minimum atomic E-state index is -0.487. The van der Waals surface area contributed by atoms with Crippen LogP contribution >= 0.6 is 0 Å². The Balaban J connectivity index is 2.01. The summed E-state index contributed by atoms with van der Waals surface area (Å²) in [7, 11) is 1.69. The van der Waals surface area contributed by atoms with Crippen LogP contribution in [0.5, 0.6) is 5.75 Å². The second-order valence-corrected chi connectivity index (χ2v) is 8.56. The molecule has 0 saturated carbocycles. The first-order valence-corrected chi connectivity index (χ1v) is 9.60. The Bertz CT molecular complexity index is 625. The Hall–Kier alpha value is -1.95. The lowest BCUT2D eigenvalue weighted by Crippen LogP contribution is -2.61. The van der Waals surface area contributed by atoms with Crippen LogP contribution in [0.25, 0.3) is 0 Å². The summed E-state index contributed by atoms with van der Waals surface area (Å²) in [6, 6.07) is 8.12. The van der Waals surface area contributed by atoms with Crippen molar-refractivity contribution in [3.05, 3.63) is 24.3 Å². The summed E-state index contributed by atoms with van der Waals surface area (Å²) in [5, 5.41) is 0. The van der Waals surface area contributed by atoms with Crippen molar-refractivity contribution < 1.29 is 19.0 Å². The Labute approximate surface area is 163 Å². The van der Waals surface area contributed by atoms with E-state index in [2.05, 4.69) is 30.9 Å². The van der Waals surface area contributed by atoms with Crippen LogP contribution in [0.4, 0.5) is 10.5 Å². The van der Waals surface area contributed by atoms with Gasteiger partial charge in [-0.1, -0.05) is 6.07 Å². The Morgan fingerprint density at radius 3 is 2.56 bits per heavy atom. The van der Waals surface area contributed by atoms with Crippen molar-refractivity contribution in [1.29, 1.82) is 0 Å². The van der Waals surface area contributed by atoms with Gasteiger partial charge in [0.15, 0.2) is 0 Å². The fourth-order valence-electron chi connectivity index (χ4n) is 3.19. The maximum absolute atomic E-state index is 12.6. The largest absolute Gasteiger partial charge is 0.493 e. The quantitative estimate of drug-likeness (QED) is 0.702. The number of carbonyl (C=O) groups is 1. The second-order valence-electron chi connectivity index (χ2n) is 8.56. The molecule has 1 aromatic carbocycles. The average molecular weight is 379 g/mol. The van der Waals surface area contributed by atoms with E-state index in [1.165, 1.54) is 0 Å². The molecule has 1 aliphatic rings. The predicted octanol–water partition coefficient (Wildman–Crippen LogP) is 3.94. The van der Waals surface area contributed by atoms with Gasteiger partial charge in [-0.05, 0) is 46.8 Å². The van der Waals surface area contributed by atoms with Gasteiger partial charge in [-0.2, -0.15) is 0 Å². The lowest BCUT2D eigenvalue weighted by atomic mass is 9.99. The molecule has 2 rings (SSSR count). The van der Waals surface area contributed by atoms with Gasteiger partial charge in [0.2, 0.25) is 0 Å². The van der Waals surface area contributed by atoms with Crippen LogP contribution < -0.4 is 9.64 Å². The third-order valence-electron chi connectivity index (χ3n) is 4.46. The highest BCUT2D eigenvalue weighted by molar-refractivity contribution is 5.70. The van der Waals surface area contributed by atoms with Gasteiger partial charge >= 0.3 is 6.09 Å². The van der Waals surface area contributed by atoms with E-state index in [0.29, 0.717) is 19.8 Å². The van der Waals surface area contributed by atoms with Crippen LogP contribution in [0.1, 0.15) is 41.0 Å². The van der Waals surface area contributed by atoms with E-state index in [-0.39, 0.29) is 11.6 Å². The maximum Gasteiger partial charge on any atom is 0.410 e. The standard InChI is InChI=1S/C21H34N2O4/c1-20(2,3)27-19(24)23-12-11-22(16-21(23,4)5)17-9-7-10-18(15-17)26-14-8-13-25-6/h7,9-10,15H,8,11-14,16H2,1-6H3. The number of nitrogens with zero attached hydrogens (tertiary/aromatic N) is 2. The molecule has 0 spiro atoms. The number of ether oxygens (including phenoxy) is 3. The summed E-state index contributed by atoms with van der Waals surface area (Å²) in [6.45, 7) is 13.3. The first kappa shape index (κ1) is 21.4. The Morgan fingerprint density at radius 1 is 1.19 bits per heavy atom. The molecule has 1 amide bonds. The number of methoxy groups -OCH3 is 1. The molecular weight excluding hydrogens is 344 g/mol. The summed E-state index contributed by atoms with van der Waals surface area (Å²) in [4.78, 5) is 16.7. The van der Waals surface area contributed by atoms with Crippen molar-refractivity contribution >= 4 is 11.8 Å². The van der Waals surface area contributed by atoms with Crippen molar-refractivity contribution in [1.82, 2.24) is 4.90 Å². The number of hydrogen-bond donors (Lipinski definition) is 0. The van der Waals surface area contributed by atoms with E-state index in [4.69, 9.17) is 14.2 Å². The molecule has 0 aliphatic carbocycles. The fourth-order valence-corrected chi connectivity index (χ4v) is 3.19. The first-order valence-electron chi connectivity index (χ1n) is 9.60. The van der Waals surface area contributed by atoms with Crippen LogP contribution in [-0.4, -0.2) is 62.1 Å². The summed E-state index contributed by atoms with van der Waals surface area (Å²) < 4.78 is 16.4. The zero-order chi connectivity index (χ0) is 20.1. The monoisotopic (exact) mass is 378 g/mol. The summed E-state index contributed by atoms with van der Waals surface area (Å²) in [5.74, 6) is 0.857. The number of benzene rings is 1. The fraction of sp³-hybridized carbons (Fsp3) is 0.667. The van der Waals surface area contributed by atoms with Crippen molar-refractivity contribution in [2.75, 3.05) is 44.9 Å². The van der Waals surface area contributed by atoms with E-state index >= 15 is 0 Å². The van der Waals surface area contributed by atoms with E-state index in [1.807, 2.05) is 37.8 Å². The molecular formula is C21H34N2O4. The van der Waals surface area contributed by atoms with Crippen LogP contribution in [0.2, 0.25) is 0 Å². The molecule has 0 N–H and O–H groups in total. The molecule has 1 fully saturated rings. The molecule has 6 nitrogen and oxygen atoms in total. The minimum Gasteiger partial charge on any atom is -0.493 e. The summed E-state index contributed by atoms with van der Waals surface area (Å²) in [5.41, 5.74) is 0.297. The van der Waals surface area contributed by atoms with Crippen molar-refractivity contribution in [2.24, 2.45) is 0 Å². The second kappa shape index (κ2) is 8.83. The molecule has 152 valence electrons. The Kier molecular flexibility index (Phi) is 6.98. The molecule has 1 aromatic rings. The molecule has 0 bridgehead atoms. The molecule has 6 heteroatoms. The van der Waals surface area contributed by atoms with Gasteiger partial charge in [0.05, 0.1) is 12.1 Å². The van der Waals surface area contributed by atoms with Crippen LogP contribution in [0, 0.1) is 0 Å². The highest BCUT2D eigenvalue weighted by Gasteiger charge is 2.39. The molecule has 0 atom stereocenters. The van der Waals surface area contributed by atoms with Gasteiger partial charge in [0, 0.05) is 51.5 Å². The van der Waals surface area contributed by atoms with Crippen molar-refractivity contribution in [2.45, 2.75) is 52.2 Å². The van der Waals surface area contributed by atoms with Crippen molar-refractivity contribution in [3.63, 3.8) is 0 Å². The number of rotatable bonds is 6. The van der Waals surface area contributed by atoms with Gasteiger partial charge < -0.3 is 19.1 Å². The SMILES string of the molecule is COCCCOc1cccc(N2CCN(C(=O)OC(C)(C)C)C(C)(C)C2)c1. The molecule has 0 aromatic heterocycles. The molecule has 0 radical (unpaired) electrons. The Morgan fingerprint density at radius 2 is 1.93 bits per heavy atom. The average Bonchev–Trinajstić information content (AvgIpc) is 2.56. The minimum absolute atomic E-state index is 0.248. The summed E-state index contributed by atoms with van der Waals surface area (Å²) >= 11 is 0. The normalized spacial score (nSPS) is 17.0. The van der Waals surface area contributed by atoms with E-state index in [0.717, 1.165) is 30.9 Å².